The monoisotopic (exact) mass is 299 g/mol. The topological polar surface area (TPSA) is 47.6 Å². The Morgan fingerprint density at radius 3 is 2.45 bits per heavy atom. The third kappa shape index (κ3) is 3.58. The van der Waals surface area contributed by atoms with E-state index in [1.165, 1.54) is 0 Å². The molecular weight excluding hydrogens is 278 g/mol. The number of benzene rings is 2. The summed E-state index contributed by atoms with van der Waals surface area (Å²) in [5.74, 6) is 1.19. The van der Waals surface area contributed by atoms with Gasteiger partial charge in [-0.2, -0.15) is 0 Å². The van der Waals surface area contributed by atoms with Gasteiger partial charge in [0, 0.05) is 12.1 Å². The average molecular weight is 299 g/mol. The normalized spacial score (nSPS) is 10.1. The molecule has 0 aliphatic carbocycles. The van der Waals surface area contributed by atoms with Gasteiger partial charge in [-0.25, -0.2) is 0 Å². The van der Waals surface area contributed by atoms with E-state index in [4.69, 9.17) is 9.47 Å². The number of hydrogen-bond donors (Lipinski definition) is 1. The molecule has 116 valence electrons. The highest BCUT2D eigenvalue weighted by atomic mass is 16.5. The maximum absolute atomic E-state index is 12.4. The Hall–Kier alpha value is -2.49. The lowest BCUT2D eigenvalue weighted by Gasteiger charge is -2.12. The molecule has 0 aromatic heterocycles. The molecule has 0 spiro atoms. The fraction of sp³-hybridized carbons (Fsp3) is 0.278. The first kappa shape index (κ1) is 15.9. The van der Waals surface area contributed by atoms with Gasteiger partial charge in [-0.1, -0.05) is 31.2 Å². The largest absolute Gasteiger partial charge is 0.496 e. The summed E-state index contributed by atoms with van der Waals surface area (Å²) >= 11 is 0. The predicted octanol–water partition coefficient (Wildman–Crippen LogP) is 3.20. The standard InChI is InChI=1S/C18H21NO3/c1-4-13-9-10-17(22-3)15(11-13)18(20)19-12-14-7-5-6-8-16(14)21-2/h5-11H,4,12H2,1-3H3,(H,19,20). The molecule has 2 aromatic carbocycles. The third-order valence-corrected chi connectivity index (χ3v) is 3.55. The molecule has 0 aliphatic rings. The van der Waals surface area contributed by atoms with E-state index in [-0.39, 0.29) is 5.91 Å². The van der Waals surface area contributed by atoms with Crippen LogP contribution in [0.5, 0.6) is 11.5 Å². The quantitative estimate of drug-likeness (QED) is 0.891. The molecule has 0 heterocycles. The number of para-hydroxylation sites is 1. The molecule has 1 N–H and O–H groups in total. The minimum Gasteiger partial charge on any atom is -0.496 e. The van der Waals surface area contributed by atoms with Gasteiger partial charge in [0.1, 0.15) is 11.5 Å². The van der Waals surface area contributed by atoms with E-state index in [0.717, 1.165) is 23.3 Å². The lowest BCUT2D eigenvalue weighted by Crippen LogP contribution is -2.23. The highest BCUT2D eigenvalue weighted by Crippen LogP contribution is 2.21. The van der Waals surface area contributed by atoms with Crippen LogP contribution < -0.4 is 14.8 Å². The van der Waals surface area contributed by atoms with Crippen molar-refractivity contribution in [3.63, 3.8) is 0 Å². The molecule has 22 heavy (non-hydrogen) atoms. The Labute approximate surface area is 131 Å². The fourth-order valence-electron chi connectivity index (χ4n) is 2.27. The van der Waals surface area contributed by atoms with Crippen molar-refractivity contribution in [2.24, 2.45) is 0 Å². The Bertz CT molecular complexity index is 653. The zero-order valence-electron chi connectivity index (χ0n) is 13.2. The van der Waals surface area contributed by atoms with Crippen LogP contribution in [0.3, 0.4) is 0 Å². The lowest BCUT2D eigenvalue weighted by atomic mass is 10.1. The highest BCUT2D eigenvalue weighted by molar-refractivity contribution is 5.97. The maximum Gasteiger partial charge on any atom is 0.255 e. The van der Waals surface area contributed by atoms with Crippen molar-refractivity contribution in [3.05, 3.63) is 59.2 Å². The number of rotatable bonds is 6. The maximum atomic E-state index is 12.4. The van der Waals surface area contributed by atoms with Gasteiger partial charge in [-0.15, -0.1) is 0 Å². The van der Waals surface area contributed by atoms with Gasteiger partial charge in [0.15, 0.2) is 0 Å². The minimum atomic E-state index is -0.155. The first-order valence-electron chi connectivity index (χ1n) is 7.26. The smallest absolute Gasteiger partial charge is 0.255 e. The molecule has 2 aromatic rings. The fourth-order valence-corrected chi connectivity index (χ4v) is 2.27. The van der Waals surface area contributed by atoms with Crippen LogP contribution in [0.15, 0.2) is 42.5 Å². The molecule has 0 bridgehead atoms. The van der Waals surface area contributed by atoms with Crippen molar-refractivity contribution in [2.45, 2.75) is 19.9 Å². The van der Waals surface area contributed by atoms with Crippen molar-refractivity contribution >= 4 is 5.91 Å². The highest BCUT2D eigenvalue weighted by Gasteiger charge is 2.13. The molecule has 0 unspecified atom stereocenters. The molecule has 0 fully saturated rings. The zero-order chi connectivity index (χ0) is 15.9. The summed E-state index contributed by atoms with van der Waals surface area (Å²) < 4.78 is 10.6. The molecule has 0 saturated heterocycles. The summed E-state index contributed by atoms with van der Waals surface area (Å²) in [5.41, 5.74) is 2.59. The Morgan fingerprint density at radius 2 is 1.77 bits per heavy atom. The van der Waals surface area contributed by atoms with Gasteiger partial charge in [0.25, 0.3) is 5.91 Å². The molecule has 0 atom stereocenters. The second-order valence-electron chi connectivity index (χ2n) is 4.88. The summed E-state index contributed by atoms with van der Waals surface area (Å²) in [6.07, 6.45) is 0.872. The summed E-state index contributed by atoms with van der Waals surface area (Å²) in [6, 6.07) is 13.3. The lowest BCUT2D eigenvalue weighted by molar-refractivity contribution is 0.0947. The minimum absolute atomic E-state index is 0.155. The van der Waals surface area contributed by atoms with Crippen LogP contribution in [-0.2, 0) is 13.0 Å². The first-order valence-corrected chi connectivity index (χ1v) is 7.26. The second kappa shape index (κ2) is 7.50. The van der Waals surface area contributed by atoms with Crippen LogP contribution in [-0.4, -0.2) is 20.1 Å². The number of nitrogens with one attached hydrogen (secondary N) is 1. The number of carbonyl (C=O) groups is 1. The number of carbonyl (C=O) groups excluding carboxylic acids is 1. The van der Waals surface area contributed by atoms with Gasteiger partial charge in [0.2, 0.25) is 0 Å². The van der Waals surface area contributed by atoms with E-state index in [2.05, 4.69) is 12.2 Å². The van der Waals surface area contributed by atoms with Crippen LogP contribution in [0.1, 0.15) is 28.4 Å². The van der Waals surface area contributed by atoms with E-state index >= 15 is 0 Å². The van der Waals surface area contributed by atoms with E-state index < -0.39 is 0 Å². The Kier molecular flexibility index (Phi) is 5.42. The molecular formula is C18H21NO3. The zero-order valence-corrected chi connectivity index (χ0v) is 13.2. The van der Waals surface area contributed by atoms with Gasteiger partial charge in [-0.05, 0) is 30.2 Å². The van der Waals surface area contributed by atoms with Gasteiger partial charge < -0.3 is 14.8 Å². The average Bonchev–Trinajstić information content (AvgIpc) is 2.59. The summed E-state index contributed by atoms with van der Waals surface area (Å²) in [7, 11) is 3.19. The summed E-state index contributed by atoms with van der Waals surface area (Å²) in [4.78, 5) is 12.4. The van der Waals surface area contributed by atoms with Gasteiger partial charge >= 0.3 is 0 Å². The molecule has 4 nitrogen and oxygen atoms in total. The van der Waals surface area contributed by atoms with E-state index in [1.807, 2.05) is 42.5 Å². The Morgan fingerprint density at radius 1 is 1.05 bits per heavy atom. The first-order chi connectivity index (χ1) is 10.7. The van der Waals surface area contributed by atoms with E-state index in [9.17, 15) is 4.79 Å². The van der Waals surface area contributed by atoms with Crippen LogP contribution in [0, 0.1) is 0 Å². The van der Waals surface area contributed by atoms with Crippen LogP contribution in [0.4, 0.5) is 0 Å². The van der Waals surface area contributed by atoms with E-state index in [1.54, 1.807) is 14.2 Å². The van der Waals surface area contributed by atoms with Crippen LogP contribution in [0.25, 0.3) is 0 Å². The molecule has 0 saturated carbocycles. The van der Waals surface area contributed by atoms with Gasteiger partial charge in [0.05, 0.1) is 19.8 Å². The third-order valence-electron chi connectivity index (χ3n) is 3.55. The van der Waals surface area contributed by atoms with Crippen LogP contribution >= 0.6 is 0 Å². The second-order valence-corrected chi connectivity index (χ2v) is 4.88. The van der Waals surface area contributed by atoms with Crippen molar-refractivity contribution in [3.8, 4) is 11.5 Å². The SMILES string of the molecule is CCc1ccc(OC)c(C(=O)NCc2ccccc2OC)c1. The van der Waals surface area contributed by atoms with Crippen molar-refractivity contribution in [1.29, 1.82) is 0 Å². The van der Waals surface area contributed by atoms with Crippen molar-refractivity contribution in [2.75, 3.05) is 14.2 Å². The molecule has 4 heteroatoms. The number of methoxy groups -OCH3 is 2. The number of aryl methyl sites for hydroxylation is 1. The van der Waals surface area contributed by atoms with Crippen molar-refractivity contribution in [1.82, 2.24) is 5.32 Å². The number of ether oxygens (including phenoxy) is 2. The number of hydrogen-bond acceptors (Lipinski definition) is 3. The van der Waals surface area contributed by atoms with Crippen molar-refractivity contribution < 1.29 is 14.3 Å². The summed E-state index contributed by atoms with van der Waals surface area (Å²) in [6.45, 7) is 2.46. The Balaban J connectivity index is 2.15. The molecule has 0 aliphatic heterocycles. The summed E-state index contributed by atoms with van der Waals surface area (Å²) in [5, 5.41) is 2.92. The molecule has 2 rings (SSSR count). The van der Waals surface area contributed by atoms with Crippen LogP contribution in [0.2, 0.25) is 0 Å². The van der Waals surface area contributed by atoms with E-state index in [0.29, 0.717) is 17.9 Å². The number of amides is 1. The predicted molar refractivity (Wildman–Crippen MR) is 86.5 cm³/mol. The van der Waals surface area contributed by atoms with Gasteiger partial charge in [-0.3, -0.25) is 4.79 Å². The molecule has 0 radical (unpaired) electrons. The molecule has 1 amide bonds.